The molecule has 0 atom stereocenters. The van der Waals surface area contributed by atoms with Crippen molar-refractivity contribution >= 4 is 11.4 Å². The fourth-order valence-corrected chi connectivity index (χ4v) is 2.00. The quantitative estimate of drug-likeness (QED) is 0.771. The SMILES string of the molecule is CCN(CCCN(C)C)c1cc(OC)c(N)cc1F. The summed E-state index contributed by atoms with van der Waals surface area (Å²) in [5, 5.41) is 0. The summed E-state index contributed by atoms with van der Waals surface area (Å²) in [5.41, 5.74) is 6.57. The average molecular weight is 269 g/mol. The molecule has 1 aromatic carbocycles. The zero-order chi connectivity index (χ0) is 14.4. The van der Waals surface area contributed by atoms with Crippen LogP contribution in [0.15, 0.2) is 12.1 Å². The first-order valence-electron chi connectivity index (χ1n) is 6.52. The number of methoxy groups -OCH3 is 1. The molecule has 0 aromatic heterocycles. The van der Waals surface area contributed by atoms with E-state index in [1.807, 2.05) is 25.9 Å². The molecule has 5 heteroatoms. The van der Waals surface area contributed by atoms with Gasteiger partial charge in [0.25, 0.3) is 0 Å². The van der Waals surface area contributed by atoms with E-state index >= 15 is 0 Å². The molecule has 0 aliphatic carbocycles. The maximum absolute atomic E-state index is 14.0. The van der Waals surface area contributed by atoms with E-state index in [0.717, 1.165) is 26.1 Å². The van der Waals surface area contributed by atoms with Crippen molar-refractivity contribution in [2.45, 2.75) is 13.3 Å². The summed E-state index contributed by atoms with van der Waals surface area (Å²) in [6.07, 6.45) is 0.979. The summed E-state index contributed by atoms with van der Waals surface area (Å²) in [7, 11) is 5.60. The second-order valence-electron chi connectivity index (χ2n) is 4.78. The van der Waals surface area contributed by atoms with Crippen molar-refractivity contribution in [3.63, 3.8) is 0 Å². The summed E-state index contributed by atoms with van der Waals surface area (Å²) in [4.78, 5) is 4.12. The van der Waals surface area contributed by atoms with E-state index in [0.29, 0.717) is 17.1 Å². The van der Waals surface area contributed by atoms with Crippen LogP contribution in [0.2, 0.25) is 0 Å². The van der Waals surface area contributed by atoms with Crippen molar-refractivity contribution in [3.05, 3.63) is 17.9 Å². The molecule has 108 valence electrons. The minimum atomic E-state index is -0.301. The van der Waals surface area contributed by atoms with Gasteiger partial charge in [-0.1, -0.05) is 0 Å². The lowest BCUT2D eigenvalue weighted by Crippen LogP contribution is -2.27. The molecule has 0 saturated heterocycles. The molecule has 0 unspecified atom stereocenters. The van der Waals surface area contributed by atoms with Crippen LogP contribution in [-0.4, -0.2) is 45.7 Å². The van der Waals surface area contributed by atoms with Gasteiger partial charge in [0.2, 0.25) is 0 Å². The zero-order valence-electron chi connectivity index (χ0n) is 12.2. The summed E-state index contributed by atoms with van der Waals surface area (Å²) < 4.78 is 19.2. The molecule has 0 amide bonds. The van der Waals surface area contributed by atoms with Crippen molar-refractivity contribution in [1.29, 1.82) is 0 Å². The van der Waals surface area contributed by atoms with E-state index in [9.17, 15) is 4.39 Å². The fraction of sp³-hybridized carbons (Fsp3) is 0.571. The predicted octanol–water partition coefficient (Wildman–Crippen LogP) is 2.19. The lowest BCUT2D eigenvalue weighted by Gasteiger charge is -2.25. The molecular weight excluding hydrogens is 245 g/mol. The average Bonchev–Trinajstić information content (AvgIpc) is 2.35. The molecular formula is C14H24FN3O. The Bertz CT molecular complexity index is 410. The fourth-order valence-electron chi connectivity index (χ4n) is 2.00. The summed E-state index contributed by atoms with van der Waals surface area (Å²) in [5.74, 6) is 0.215. The lowest BCUT2D eigenvalue weighted by atomic mass is 10.2. The molecule has 4 nitrogen and oxygen atoms in total. The Labute approximate surface area is 114 Å². The van der Waals surface area contributed by atoms with Gasteiger partial charge in [0, 0.05) is 25.2 Å². The van der Waals surface area contributed by atoms with E-state index in [1.165, 1.54) is 13.2 Å². The van der Waals surface area contributed by atoms with Crippen LogP contribution in [0.1, 0.15) is 13.3 Å². The maximum Gasteiger partial charge on any atom is 0.148 e. The molecule has 0 heterocycles. The number of rotatable bonds is 7. The van der Waals surface area contributed by atoms with E-state index < -0.39 is 0 Å². The standard InChI is InChI=1S/C14H24FN3O/c1-5-18(8-6-7-17(2)3)13-10-14(19-4)12(16)9-11(13)15/h9-10H,5-8,16H2,1-4H3. The van der Waals surface area contributed by atoms with E-state index in [2.05, 4.69) is 4.90 Å². The molecule has 0 saturated carbocycles. The van der Waals surface area contributed by atoms with Gasteiger partial charge in [-0.15, -0.1) is 0 Å². The number of hydrogen-bond donors (Lipinski definition) is 1. The molecule has 0 radical (unpaired) electrons. The predicted molar refractivity (Wildman–Crippen MR) is 78.4 cm³/mol. The summed E-state index contributed by atoms with van der Waals surface area (Å²) in [6.45, 7) is 4.54. The van der Waals surface area contributed by atoms with Crippen molar-refractivity contribution in [3.8, 4) is 5.75 Å². The first-order chi connectivity index (χ1) is 8.99. The van der Waals surface area contributed by atoms with Gasteiger partial charge >= 0.3 is 0 Å². The number of anilines is 2. The number of halogens is 1. The van der Waals surface area contributed by atoms with Crippen LogP contribution in [0, 0.1) is 5.82 Å². The summed E-state index contributed by atoms with van der Waals surface area (Å²) in [6, 6.07) is 2.99. The third kappa shape index (κ3) is 4.28. The second-order valence-corrected chi connectivity index (χ2v) is 4.78. The number of nitrogens with two attached hydrogens (primary N) is 1. The topological polar surface area (TPSA) is 41.7 Å². The number of ether oxygens (including phenoxy) is 1. The molecule has 0 aliphatic heterocycles. The maximum atomic E-state index is 14.0. The Kier molecular flexibility index (Phi) is 5.89. The highest BCUT2D eigenvalue weighted by Gasteiger charge is 2.13. The van der Waals surface area contributed by atoms with Crippen LogP contribution < -0.4 is 15.4 Å². The molecule has 0 spiro atoms. The molecule has 2 N–H and O–H groups in total. The smallest absolute Gasteiger partial charge is 0.148 e. The van der Waals surface area contributed by atoms with Crippen LogP contribution >= 0.6 is 0 Å². The second kappa shape index (κ2) is 7.19. The van der Waals surface area contributed by atoms with Crippen molar-refractivity contribution < 1.29 is 9.13 Å². The lowest BCUT2D eigenvalue weighted by molar-refractivity contribution is 0.400. The highest BCUT2D eigenvalue weighted by molar-refractivity contribution is 5.63. The Balaban J connectivity index is 2.85. The van der Waals surface area contributed by atoms with Gasteiger partial charge in [-0.05, 0) is 34.0 Å². The van der Waals surface area contributed by atoms with Gasteiger partial charge in [-0.3, -0.25) is 0 Å². The highest BCUT2D eigenvalue weighted by Crippen LogP contribution is 2.30. The first kappa shape index (κ1) is 15.6. The van der Waals surface area contributed by atoms with E-state index in [-0.39, 0.29) is 5.82 Å². The summed E-state index contributed by atoms with van der Waals surface area (Å²) >= 11 is 0. The van der Waals surface area contributed by atoms with E-state index in [4.69, 9.17) is 10.5 Å². The Morgan fingerprint density at radius 1 is 1.26 bits per heavy atom. The molecule has 0 fully saturated rings. The van der Waals surface area contributed by atoms with Gasteiger partial charge in [-0.25, -0.2) is 4.39 Å². The van der Waals surface area contributed by atoms with Crippen LogP contribution in [0.25, 0.3) is 0 Å². The van der Waals surface area contributed by atoms with Crippen molar-refractivity contribution in [1.82, 2.24) is 4.90 Å². The Hall–Kier alpha value is -1.49. The van der Waals surface area contributed by atoms with Crippen molar-refractivity contribution in [2.24, 2.45) is 0 Å². The van der Waals surface area contributed by atoms with Gasteiger partial charge in [0.05, 0.1) is 18.5 Å². The van der Waals surface area contributed by atoms with Crippen LogP contribution in [0.4, 0.5) is 15.8 Å². The zero-order valence-corrected chi connectivity index (χ0v) is 12.2. The van der Waals surface area contributed by atoms with Gasteiger partial charge < -0.3 is 20.3 Å². The molecule has 19 heavy (non-hydrogen) atoms. The van der Waals surface area contributed by atoms with Gasteiger partial charge in [-0.2, -0.15) is 0 Å². The molecule has 1 rings (SSSR count). The van der Waals surface area contributed by atoms with Crippen LogP contribution in [0.3, 0.4) is 0 Å². The minimum absolute atomic E-state index is 0.301. The molecule has 1 aromatic rings. The number of hydrogen-bond acceptors (Lipinski definition) is 4. The monoisotopic (exact) mass is 269 g/mol. The van der Waals surface area contributed by atoms with Crippen LogP contribution in [-0.2, 0) is 0 Å². The first-order valence-corrected chi connectivity index (χ1v) is 6.52. The third-order valence-corrected chi connectivity index (χ3v) is 3.05. The number of nitrogens with zero attached hydrogens (tertiary/aromatic N) is 2. The van der Waals surface area contributed by atoms with E-state index in [1.54, 1.807) is 6.07 Å². The Morgan fingerprint density at radius 3 is 2.47 bits per heavy atom. The Morgan fingerprint density at radius 2 is 1.95 bits per heavy atom. The highest BCUT2D eigenvalue weighted by atomic mass is 19.1. The largest absolute Gasteiger partial charge is 0.495 e. The van der Waals surface area contributed by atoms with Crippen LogP contribution in [0.5, 0.6) is 5.75 Å². The molecule has 0 bridgehead atoms. The van der Waals surface area contributed by atoms with Gasteiger partial charge in [0.1, 0.15) is 11.6 Å². The normalized spacial score (nSPS) is 10.8. The number of benzene rings is 1. The minimum Gasteiger partial charge on any atom is -0.495 e. The number of nitrogen functional groups attached to an aromatic ring is 1. The third-order valence-electron chi connectivity index (χ3n) is 3.05. The van der Waals surface area contributed by atoms with Gasteiger partial charge in [0.15, 0.2) is 0 Å². The molecule has 0 aliphatic rings. The van der Waals surface area contributed by atoms with Crippen molar-refractivity contribution in [2.75, 3.05) is 51.5 Å².